The van der Waals surface area contributed by atoms with Crippen LogP contribution in [-0.2, 0) is 19.7 Å². The van der Waals surface area contributed by atoms with E-state index in [9.17, 15) is 9.59 Å². The fourth-order valence-corrected chi connectivity index (χ4v) is 2.93. The van der Waals surface area contributed by atoms with E-state index in [1.165, 1.54) is 12.5 Å². The van der Waals surface area contributed by atoms with Crippen LogP contribution in [0.2, 0.25) is 0 Å². The lowest BCUT2D eigenvalue weighted by Crippen LogP contribution is -2.36. The first-order valence-corrected chi connectivity index (χ1v) is 10.4. The SMILES string of the molecule is COCCOc1ccc(C(C)(C)c2ccc(OCCOC(=O)NCNC(C)=O)cc2)cc1. The van der Waals surface area contributed by atoms with E-state index in [2.05, 4.69) is 36.6 Å². The van der Waals surface area contributed by atoms with Crippen LogP contribution in [0.1, 0.15) is 31.9 Å². The minimum absolute atomic E-state index is 0.0237. The Hall–Kier alpha value is -3.26. The molecule has 0 fully saturated rings. The number of nitrogens with one attached hydrogen (secondary N) is 2. The van der Waals surface area contributed by atoms with E-state index < -0.39 is 6.09 Å². The predicted octanol–water partition coefficient (Wildman–Crippen LogP) is 3.24. The number of carbonyl (C=O) groups is 2. The van der Waals surface area contributed by atoms with Crippen molar-refractivity contribution < 1.29 is 28.5 Å². The van der Waals surface area contributed by atoms with Crippen LogP contribution in [0.25, 0.3) is 0 Å². The number of benzene rings is 2. The molecule has 0 bridgehead atoms. The number of hydrogen-bond acceptors (Lipinski definition) is 6. The van der Waals surface area contributed by atoms with Crippen molar-refractivity contribution >= 4 is 12.0 Å². The standard InChI is InChI=1S/C24H32N2O6/c1-18(27)25-17-26-23(28)32-16-15-31-22-11-7-20(8-12-22)24(2,3)19-5-9-21(10-6-19)30-14-13-29-4/h5-12H,13-17H2,1-4H3,(H,25,27)(H,26,28). The van der Waals surface area contributed by atoms with Crippen molar-refractivity contribution in [3.63, 3.8) is 0 Å². The molecule has 0 radical (unpaired) electrons. The summed E-state index contributed by atoms with van der Waals surface area (Å²) in [7, 11) is 1.65. The fraction of sp³-hybridized carbons (Fsp3) is 0.417. The van der Waals surface area contributed by atoms with Crippen molar-refractivity contribution in [1.82, 2.24) is 10.6 Å². The molecule has 174 valence electrons. The van der Waals surface area contributed by atoms with Crippen LogP contribution in [-0.4, -0.2) is 52.2 Å². The maximum atomic E-state index is 11.5. The summed E-state index contributed by atoms with van der Waals surface area (Å²) in [5, 5.41) is 4.85. The van der Waals surface area contributed by atoms with Crippen LogP contribution in [0, 0.1) is 0 Å². The monoisotopic (exact) mass is 444 g/mol. The predicted molar refractivity (Wildman–Crippen MR) is 121 cm³/mol. The van der Waals surface area contributed by atoms with E-state index in [0.29, 0.717) is 19.0 Å². The largest absolute Gasteiger partial charge is 0.491 e. The molecule has 2 amide bonds. The van der Waals surface area contributed by atoms with Crippen LogP contribution in [0.3, 0.4) is 0 Å². The van der Waals surface area contributed by atoms with Crippen molar-refractivity contribution in [2.75, 3.05) is 40.2 Å². The molecule has 0 aliphatic heterocycles. The third-order valence-corrected chi connectivity index (χ3v) is 4.86. The second-order valence-corrected chi connectivity index (χ2v) is 7.59. The second-order valence-electron chi connectivity index (χ2n) is 7.59. The molecule has 32 heavy (non-hydrogen) atoms. The zero-order chi connectivity index (χ0) is 23.4. The van der Waals surface area contributed by atoms with E-state index in [1.807, 2.05) is 36.4 Å². The summed E-state index contributed by atoms with van der Waals surface area (Å²) < 4.78 is 21.2. The number of carbonyl (C=O) groups excluding carboxylic acids is 2. The first-order chi connectivity index (χ1) is 15.3. The van der Waals surface area contributed by atoms with Gasteiger partial charge < -0.3 is 29.6 Å². The van der Waals surface area contributed by atoms with Gasteiger partial charge in [-0.3, -0.25) is 4.79 Å². The molecule has 0 aromatic heterocycles. The van der Waals surface area contributed by atoms with Gasteiger partial charge in [0.25, 0.3) is 0 Å². The van der Waals surface area contributed by atoms with Crippen molar-refractivity contribution in [2.45, 2.75) is 26.2 Å². The zero-order valence-corrected chi connectivity index (χ0v) is 19.1. The van der Waals surface area contributed by atoms with Gasteiger partial charge in [-0.25, -0.2) is 4.79 Å². The molecule has 2 aromatic rings. The van der Waals surface area contributed by atoms with Gasteiger partial charge in [0.05, 0.1) is 13.3 Å². The molecule has 0 aliphatic rings. The summed E-state index contributed by atoms with van der Waals surface area (Å²) in [6, 6.07) is 15.9. The number of hydrogen-bond donors (Lipinski definition) is 2. The van der Waals surface area contributed by atoms with Crippen LogP contribution in [0.4, 0.5) is 4.79 Å². The molecule has 0 heterocycles. The summed E-state index contributed by atoms with van der Waals surface area (Å²) in [6.07, 6.45) is -0.616. The Morgan fingerprint density at radius 3 is 1.75 bits per heavy atom. The number of ether oxygens (including phenoxy) is 4. The lowest BCUT2D eigenvalue weighted by molar-refractivity contribution is -0.119. The van der Waals surface area contributed by atoms with Gasteiger partial charge in [0, 0.05) is 19.4 Å². The molecule has 2 N–H and O–H groups in total. The molecular weight excluding hydrogens is 412 g/mol. The Balaban J connectivity index is 1.81. The lowest BCUT2D eigenvalue weighted by atomic mass is 9.78. The van der Waals surface area contributed by atoms with Gasteiger partial charge in [-0.05, 0) is 35.4 Å². The fourth-order valence-electron chi connectivity index (χ4n) is 2.93. The molecule has 0 aliphatic carbocycles. The summed E-state index contributed by atoms with van der Waals surface area (Å²) in [5.41, 5.74) is 2.12. The van der Waals surface area contributed by atoms with Gasteiger partial charge in [0.2, 0.25) is 5.91 Å². The van der Waals surface area contributed by atoms with Crippen LogP contribution >= 0.6 is 0 Å². The van der Waals surface area contributed by atoms with Crippen LogP contribution in [0.15, 0.2) is 48.5 Å². The van der Waals surface area contributed by atoms with Crippen molar-refractivity contribution in [2.24, 2.45) is 0 Å². The molecule has 0 unspecified atom stereocenters. The van der Waals surface area contributed by atoms with Crippen molar-refractivity contribution in [3.8, 4) is 11.5 Å². The van der Waals surface area contributed by atoms with E-state index in [4.69, 9.17) is 18.9 Å². The minimum atomic E-state index is -0.616. The number of alkyl carbamates (subject to hydrolysis) is 1. The van der Waals surface area contributed by atoms with Crippen molar-refractivity contribution in [1.29, 1.82) is 0 Å². The summed E-state index contributed by atoms with van der Waals surface area (Å²) in [4.78, 5) is 22.2. The molecule has 0 atom stereocenters. The Morgan fingerprint density at radius 1 is 0.781 bits per heavy atom. The highest BCUT2D eigenvalue weighted by Gasteiger charge is 2.23. The third-order valence-electron chi connectivity index (χ3n) is 4.86. The highest BCUT2D eigenvalue weighted by Crippen LogP contribution is 2.33. The molecule has 0 saturated carbocycles. The van der Waals surface area contributed by atoms with Crippen molar-refractivity contribution in [3.05, 3.63) is 59.7 Å². The highest BCUT2D eigenvalue weighted by molar-refractivity contribution is 5.73. The Morgan fingerprint density at radius 2 is 1.28 bits per heavy atom. The van der Waals surface area contributed by atoms with Gasteiger partial charge >= 0.3 is 6.09 Å². The maximum absolute atomic E-state index is 11.5. The Labute approximate surface area is 189 Å². The van der Waals surface area contributed by atoms with E-state index >= 15 is 0 Å². The smallest absolute Gasteiger partial charge is 0.408 e. The van der Waals surface area contributed by atoms with Gasteiger partial charge in [-0.2, -0.15) is 0 Å². The minimum Gasteiger partial charge on any atom is -0.491 e. The first-order valence-electron chi connectivity index (χ1n) is 10.4. The van der Waals surface area contributed by atoms with Gasteiger partial charge in [-0.1, -0.05) is 38.1 Å². The average molecular weight is 445 g/mol. The summed E-state index contributed by atoms with van der Waals surface area (Å²) in [6.45, 7) is 7.11. The molecule has 0 saturated heterocycles. The zero-order valence-electron chi connectivity index (χ0n) is 19.1. The normalized spacial score (nSPS) is 10.9. The first kappa shape index (κ1) is 25.0. The Kier molecular flexibility index (Phi) is 9.81. The molecule has 2 rings (SSSR count). The maximum Gasteiger partial charge on any atom is 0.408 e. The number of methoxy groups -OCH3 is 1. The lowest BCUT2D eigenvalue weighted by Gasteiger charge is -2.26. The van der Waals surface area contributed by atoms with E-state index in [-0.39, 0.29) is 31.2 Å². The highest BCUT2D eigenvalue weighted by atomic mass is 16.6. The number of amides is 2. The topological polar surface area (TPSA) is 95.1 Å². The average Bonchev–Trinajstić information content (AvgIpc) is 2.77. The number of rotatable bonds is 12. The molecule has 8 heteroatoms. The third kappa shape index (κ3) is 8.11. The van der Waals surface area contributed by atoms with Gasteiger partial charge in [-0.15, -0.1) is 0 Å². The molecule has 2 aromatic carbocycles. The quantitative estimate of drug-likeness (QED) is 0.386. The van der Waals surface area contributed by atoms with E-state index in [0.717, 1.165) is 11.3 Å². The van der Waals surface area contributed by atoms with Gasteiger partial charge in [0.1, 0.15) is 31.3 Å². The van der Waals surface area contributed by atoms with Gasteiger partial charge in [0.15, 0.2) is 0 Å². The summed E-state index contributed by atoms with van der Waals surface area (Å²) >= 11 is 0. The molecule has 8 nitrogen and oxygen atoms in total. The van der Waals surface area contributed by atoms with E-state index in [1.54, 1.807) is 7.11 Å². The molecular formula is C24H32N2O6. The second kappa shape index (κ2) is 12.6. The summed E-state index contributed by atoms with van der Waals surface area (Å²) in [5.74, 6) is 1.27. The van der Waals surface area contributed by atoms with Crippen LogP contribution < -0.4 is 20.1 Å². The molecule has 0 spiro atoms. The Bertz CT molecular complexity index is 850. The van der Waals surface area contributed by atoms with Crippen LogP contribution in [0.5, 0.6) is 11.5 Å².